The van der Waals surface area contributed by atoms with Crippen LogP contribution in [-0.4, -0.2) is 53.1 Å². The fourth-order valence-corrected chi connectivity index (χ4v) is 2.78. The van der Waals surface area contributed by atoms with E-state index < -0.39 is 5.97 Å². The SMILES string of the molecule is CCC(C)N(C)C(=O)N1CCCC(C(C)CC(=O)O)C1. The quantitative estimate of drug-likeness (QED) is 0.844. The monoisotopic (exact) mass is 284 g/mol. The average molecular weight is 284 g/mol. The van der Waals surface area contributed by atoms with Crippen LogP contribution in [0, 0.1) is 11.8 Å². The molecule has 0 bridgehead atoms. The second-order valence-corrected chi connectivity index (χ2v) is 6.07. The maximum Gasteiger partial charge on any atom is 0.319 e. The molecule has 1 heterocycles. The summed E-state index contributed by atoms with van der Waals surface area (Å²) in [5.41, 5.74) is 0. The third kappa shape index (κ3) is 4.39. The van der Waals surface area contributed by atoms with Gasteiger partial charge in [-0.15, -0.1) is 0 Å². The van der Waals surface area contributed by atoms with Gasteiger partial charge in [0, 0.05) is 32.6 Å². The molecular weight excluding hydrogens is 256 g/mol. The van der Waals surface area contributed by atoms with Gasteiger partial charge in [-0.1, -0.05) is 13.8 Å². The van der Waals surface area contributed by atoms with E-state index in [1.54, 1.807) is 4.90 Å². The number of carboxylic acid groups (broad SMARTS) is 1. The molecule has 0 saturated carbocycles. The van der Waals surface area contributed by atoms with E-state index in [4.69, 9.17) is 5.11 Å². The Morgan fingerprint density at radius 3 is 2.60 bits per heavy atom. The van der Waals surface area contributed by atoms with Crippen LogP contribution in [0.25, 0.3) is 0 Å². The molecule has 0 aliphatic carbocycles. The van der Waals surface area contributed by atoms with Crippen molar-refractivity contribution in [2.45, 2.75) is 52.5 Å². The van der Waals surface area contributed by atoms with Crippen molar-refractivity contribution in [1.29, 1.82) is 0 Å². The molecule has 0 aromatic rings. The smallest absolute Gasteiger partial charge is 0.319 e. The van der Waals surface area contributed by atoms with Gasteiger partial charge in [0.15, 0.2) is 0 Å². The third-order valence-corrected chi connectivity index (χ3v) is 4.58. The molecule has 1 aliphatic heterocycles. The van der Waals surface area contributed by atoms with Gasteiger partial charge in [0.25, 0.3) is 0 Å². The highest BCUT2D eigenvalue weighted by atomic mass is 16.4. The van der Waals surface area contributed by atoms with E-state index in [1.165, 1.54) is 0 Å². The molecule has 3 atom stereocenters. The molecule has 5 nitrogen and oxygen atoms in total. The summed E-state index contributed by atoms with van der Waals surface area (Å²) in [6, 6.07) is 0.311. The molecule has 0 spiro atoms. The number of urea groups is 1. The molecule has 2 amide bonds. The number of hydrogen-bond acceptors (Lipinski definition) is 2. The molecule has 0 aromatic carbocycles. The molecule has 0 radical (unpaired) electrons. The number of aliphatic carboxylic acids is 1. The summed E-state index contributed by atoms with van der Waals surface area (Å²) in [6.45, 7) is 7.57. The molecule has 5 heteroatoms. The lowest BCUT2D eigenvalue weighted by atomic mass is 9.85. The number of piperidine rings is 1. The molecule has 116 valence electrons. The van der Waals surface area contributed by atoms with Crippen molar-refractivity contribution in [3.8, 4) is 0 Å². The zero-order valence-electron chi connectivity index (χ0n) is 13.1. The van der Waals surface area contributed by atoms with Crippen LogP contribution >= 0.6 is 0 Å². The second-order valence-electron chi connectivity index (χ2n) is 6.07. The number of amides is 2. The predicted molar refractivity (Wildman–Crippen MR) is 78.6 cm³/mol. The normalized spacial score (nSPS) is 22.2. The van der Waals surface area contributed by atoms with Crippen molar-refractivity contribution in [1.82, 2.24) is 9.80 Å². The summed E-state index contributed by atoms with van der Waals surface area (Å²) in [4.78, 5) is 26.9. The summed E-state index contributed by atoms with van der Waals surface area (Å²) in [6.07, 6.45) is 3.11. The summed E-state index contributed by atoms with van der Waals surface area (Å²) >= 11 is 0. The van der Waals surface area contributed by atoms with Crippen LogP contribution in [0.3, 0.4) is 0 Å². The van der Waals surface area contributed by atoms with Gasteiger partial charge in [0.1, 0.15) is 0 Å². The summed E-state index contributed by atoms with van der Waals surface area (Å²) < 4.78 is 0. The Morgan fingerprint density at radius 1 is 1.40 bits per heavy atom. The minimum absolute atomic E-state index is 0.0755. The largest absolute Gasteiger partial charge is 0.481 e. The van der Waals surface area contributed by atoms with Crippen molar-refractivity contribution in [2.75, 3.05) is 20.1 Å². The van der Waals surface area contributed by atoms with E-state index in [-0.39, 0.29) is 24.4 Å². The van der Waals surface area contributed by atoms with Crippen molar-refractivity contribution in [3.63, 3.8) is 0 Å². The van der Waals surface area contributed by atoms with E-state index >= 15 is 0 Å². The number of carboxylic acids is 1. The molecular formula is C15H28N2O3. The summed E-state index contributed by atoms with van der Waals surface area (Å²) in [7, 11) is 1.85. The number of nitrogens with zero attached hydrogens (tertiary/aromatic N) is 2. The molecule has 1 fully saturated rings. The Balaban J connectivity index is 2.60. The minimum atomic E-state index is -0.752. The van der Waals surface area contributed by atoms with Crippen LogP contribution in [0.5, 0.6) is 0 Å². The average Bonchev–Trinajstić information content (AvgIpc) is 2.44. The maximum atomic E-state index is 12.4. The van der Waals surface area contributed by atoms with Gasteiger partial charge in [-0.3, -0.25) is 4.79 Å². The van der Waals surface area contributed by atoms with Gasteiger partial charge in [-0.25, -0.2) is 4.79 Å². The van der Waals surface area contributed by atoms with Gasteiger partial charge >= 0.3 is 12.0 Å². The molecule has 1 aliphatic rings. The van der Waals surface area contributed by atoms with Crippen LogP contribution in [0.1, 0.15) is 46.5 Å². The van der Waals surface area contributed by atoms with E-state index in [2.05, 4.69) is 6.92 Å². The Hall–Kier alpha value is -1.26. The number of carbonyl (C=O) groups is 2. The van der Waals surface area contributed by atoms with E-state index in [0.717, 1.165) is 25.8 Å². The molecule has 1 saturated heterocycles. The minimum Gasteiger partial charge on any atom is -0.481 e. The van der Waals surface area contributed by atoms with Gasteiger partial charge in [0.2, 0.25) is 0 Å². The number of carbonyl (C=O) groups excluding carboxylic acids is 1. The van der Waals surface area contributed by atoms with Crippen LogP contribution in [0.2, 0.25) is 0 Å². The first-order valence-corrected chi connectivity index (χ1v) is 7.60. The Morgan fingerprint density at radius 2 is 2.05 bits per heavy atom. The standard InChI is InChI=1S/C15H28N2O3/c1-5-12(3)16(4)15(20)17-8-6-7-13(10-17)11(2)9-14(18)19/h11-13H,5-10H2,1-4H3,(H,18,19). The fourth-order valence-electron chi connectivity index (χ4n) is 2.78. The van der Waals surface area contributed by atoms with E-state index in [1.807, 2.05) is 25.8 Å². The lowest BCUT2D eigenvalue weighted by Gasteiger charge is -2.38. The van der Waals surface area contributed by atoms with Gasteiger partial charge in [0.05, 0.1) is 0 Å². The maximum absolute atomic E-state index is 12.4. The summed E-state index contributed by atoms with van der Waals surface area (Å²) in [5.74, 6) is -0.330. The highest BCUT2D eigenvalue weighted by Gasteiger charge is 2.30. The molecule has 0 aromatic heterocycles. The van der Waals surface area contributed by atoms with Gasteiger partial charge in [-0.2, -0.15) is 0 Å². The van der Waals surface area contributed by atoms with Crippen LogP contribution in [0.4, 0.5) is 4.79 Å². The van der Waals surface area contributed by atoms with Crippen LogP contribution < -0.4 is 0 Å². The van der Waals surface area contributed by atoms with E-state index in [9.17, 15) is 9.59 Å². The second kappa shape index (κ2) is 7.50. The zero-order valence-corrected chi connectivity index (χ0v) is 13.1. The molecule has 3 unspecified atom stereocenters. The predicted octanol–water partition coefficient (Wildman–Crippen LogP) is 2.66. The highest BCUT2D eigenvalue weighted by Crippen LogP contribution is 2.26. The third-order valence-electron chi connectivity index (χ3n) is 4.58. The lowest BCUT2D eigenvalue weighted by Crippen LogP contribution is -2.49. The van der Waals surface area contributed by atoms with Crippen molar-refractivity contribution in [2.24, 2.45) is 11.8 Å². The topological polar surface area (TPSA) is 60.9 Å². The van der Waals surface area contributed by atoms with Gasteiger partial charge in [-0.05, 0) is 38.0 Å². The van der Waals surface area contributed by atoms with Crippen LogP contribution in [-0.2, 0) is 4.79 Å². The molecule has 1 N–H and O–H groups in total. The summed E-state index contributed by atoms with van der Waals surface area (Å²) in [5, 5.41) is 8.89. The fraction of sp³-hybridized carbons (Fsp3) is 0.867. The first kappa shape index (κ1) is 16.8. The Labute approximate surface area is 121 Å². The number of hydrogen-bond donors (Lipinski definition) is 1. The zero-order chi connectivity index (χ0) is 15.3. The van der Waals surface area contributed by atoms with Crippen molar-refractivity contribution in [3.05, 3.63) is 0 Å². The first-order chi connectivity index (χ1) is 9.36. The Bertz CT molecular complexity index is 346. The van der Waals surface area contributed by atoms with Gasteiger partial charge < -0.3 is 14.9 Å². The highest BCUT2D eigenvalue weighted by molar-refractivity contribution is 5.74. The molecule has 1 rings (SSSR count). The van der Waals surface area contributed by atoms with Crippen molar-refractivity contribution < 1.29 is 14.7 Å². The Kier molecular flexibility index (Phi) is 6.30. The van der Waals surface area contributed by atoms with Crippen LogP contribution in [0.15, 0.2) is 0 Å². The molecule has 20 heavy (non-hydrogen) atoms. The first-order valence-electron chi connectivity index (χ1n) is 7.60. The van der Waals surface area contributed by atoms with E-state index in [0.29, 0.717) is 12.5 Å². The number of likely N-dealkylation sites (tertiary alicyclic amines) is 1. The number of rotatable bonds is 5. The lowest BCUT2D eigenvalue weighted by molar-refractivity contribution is -0.138. The van der Waals surface area contributed by atoms with Crippen molar-refractivity contribution >= 4 is 12.0 Å².